The Kier molecular flexibility index (Phi) is 4.58. The van der Waals surface area contributed by atoms with E-state index in [9.17, 15) is 4.79 Å². The zero-order valence-electron chi connectivity index (χ0n) is 10.1. The molecule has 0 aromatic carbocycles. The molecule has 1 aliphatic carbocycles. The molecule has 0 aromatic heterocycles. The van der Waals surface area contributed by atoms with Crippen LogP contribution in [0.2, 0.25) is 0 Å². The van der Waals surface area contributed by atoms with E-state index in [1.807, 2.05) is 6.92 Å². The van der Waals surface area contributed by atoms with Gasteiger partial charge in [-0.15, -0.1) is 0 Å². The Hall–Kier alpha value is -0.570. The van der Waals surface area contributed by atoms with Crippen molar-refractivity contribution in [1.29, 1.82) is 0 Å². The minimum atomic E-state index is 0.0825. The van der Waals surface area contributed by atoms with Crippen molar-refractivity contribution in [2.75, 3.05) is 0 Å². The fourth-order valence-corrected chi connectivity index (χ4v) is 1.96. The quantitative estimate of drug-likeness (QED) is 0.747. The van der Waals surface area contributed by atoms with Gasteiger partial charge in [-0.2, -0.15) is 0 Å². The lowest BCUT2D eigenvalue weighted by molar-refractivity contribution is -0.126. The van der Waals surface area contributed by atoms with Gasteiger partial charge in [-0.1, -0.05) is 33.6 Å². The monoisotopic (exact) mass is 212 g/mol. The van der Waals surface area contributed by atoms with Gasteiger partial charge < -0.3 is 11.1 Å². The average Bonchev–Trinajstić information content (AvgIpc) is 2.20. The van der Waals surface area contributed by atoms with Crippen molar-refractivity contribution >= 4 is 5.91 Å². The van der Waals surface area contributed by atoms with Gasteiger partial charge in [-0.3, -0.25) is 4.79 Å². The highest BCUT2D eigenvalue weighted by molar-refractivity contribution is 5.78. The van der Waals surface area contributed by atoms with E-state index in [0.29, 0.717) is 5.92 Å². The van der Waals surface area contributed by atoms with Crippen LogP contribution in [-0.4, -0.2) is 18.0 Å². The highest BCUT2D eigenvalue weighted by Gasteiger charge is 2.25. The third kappa shape index (κ3) is 3.49. The van der Waals surface area contributed by atoms with Gasteiger partial charge in [0.1, 0.15) is 0 Å². The first kappa shape index (κ1) is 12.5. The summed E-state index contributed by atoms with van der Waals surface area (Å²) in [7, 11) is 0. The molecule has 0 spiro atoms. The Morgan fingerprint density at radius 3 is 2.40 bits per heavy atom. The third-order valence-corrected chi connectivity index (χ3v) is 3.56. The Morgan fingerprint density at radius 2 is 1.87 bits per heavy atom. The molecule has 0 heterocycles. The number of hydrogen-bond donors (Lipinski definition) is 2. The normalized spacial score (nSPS) is 28.9. The summed E-state index contributed by atoms with van der Waals surface area (Å²) in [6.07, 6.45) is 4.47. The van der Waals surface area contributed by atoms with E-state index in [2.05, 4.69) is 19.2 Å². The first-order valence-electron chi connectivity index (χ1n) is 6.08. The summed E-state index contributed by atoms with van der Waals surface area (Å²) in [5.74, 6) is 0.635. The Bertz CT molecular complexity index is 216. The molecule has 0 aromatic rings. The second kappa shape index (κ2) is 5.50. The van der Waals surface area contributed by atoms with Crippen molar-refractivity contribution in [3.63, 3.8) is 0 Å². The van der Waals surface area contributed by atoms with Gasteiger partial charge in [0.25, 0.3) is 0 Å². The van der Waals surface area contributed by atoms with Crippen LogP contribution in [0.5, 0.6) is 0 Å². The van der Waals surface area contributed by atoms with Crippen molar-refractivity contribution in [3.05, 3.63) is 0 Å². The molecular weight excluding hydrogens is 188 g/mol. The topological polar surface area (TPSA) is 55.1 Å². The molecule has 15 heavy (non-hydrogen) atoms. The van der Waals surface area contributed by atoms with Crippen LogP contribution in [0.4, 0.5) is 0 Å². The molecule has 1 amide bonds. The summed E-state index contributed by atoms with van der Waals surface area (Å²) in [5.41, 5.74) is 5.99. The fourth-order valence-electron chi connectivity index (χ4n) is 1.96. The van der Waals surface area contributed by atoms with Crippen LogP contribution in [0.15, 0.2) is 0 Å². The predicted octanol–water partition coefficient (Wildman–Crippen LogP) is 1.66. The average molecular weight is 212 g/mol. The predicted molar refractivity (Wildman–Crippen MR) is 62.4 cm³/mol. The maximum Gasteiger partial charge on any atom is 0.223 e. The molecule has 88 valence electrons. The molecule has 1 rings (SSSR count). The van der Waals surface area contributed by atoms with Gasteiger partial charge in [0.05, 0.1) is 0 Å². The van der Waals surface area contributed by atoms with E-state index in [4.69, 9.17) is 5.73 Å². The van der Waals surface area contributed by atoms with Crippen LogP contribution in [0.25, 0.3) is 0 Å². The summed E-state index contributed by atoms with van der Waals surface area (Å²) in [6, 6.07) is 0.356. The number of nitrogens with one attached hydrogen (secondary N) is 1. The van der Waals surface area contributed by atoms with Gasteiger partial charge in [0, 0.05) is 18.0 Å². The van der Waals surface area contributed by atoms with Gasteiger partial charge in [-0.05, 0) is 18.8 Å². The summed E-state index contributed by atoms with van der Waals surface area (Å²) in [5, 5.41) is 3.09. The van der Waals surface area contributed by atoms with E-state index in [-0.39, 0.29) is 23.9 Å². The van der Waals surface area contributed by atoms with E-state index in [1.165, 1.54) is 12.8 Å². The maximum absolute atomic E-state index is 11.8. The Morgan fingerprint density at radius 1 is 1.27 bits per heavy atom. The number of carbonyl (C=O) groups is 1. The maximum atomic E-state index is 11.8. The van der Waals surface area contributed by atoms with Crippen molar-refractivity contribution in [2.24, 2.45) is 17.6 Å². The second-order valence-electron chi connectivity index (χ2n) is 5.10. The number of rotatable bonds is 3. The van der Waals surface area contributed by atoms with Crippen molar-refractivity contribution in [1.82, 2.24) is 5.32 Å². The molecule has 1 saturated carbocycles. The van der Waals surface area contributed by atoms with Crippen LogP contribution in [0.3, 0.4) is 0 Å². The van der Waals surface area contributed by atoms with E-state index in [0.717, 1.165) is 12.8 Å². The van der Waals surface area contributed by atoms with Crippen molar-refractivity contribution in [2.45, 2.75) is 58.5 Å². The fraction of sp³-hybridized carbons (Fsp3) is 0.917. The van der Waals surface area contributed by atoms with Gasteiger partial charge in [0.2, 0.25) is 5.91 Å². The molecule has 1 aliphatic rings. The second-order valence-corrected chi connectivity index (χ2v) is 5.10. The molecule has 3 heteroatoms. The van der Waals surface area contributed by atoms with Gasteiger partial charge >= 0.3 is 0 Å². The minimum absolute atomic E-state index is 0.0825. The molecule has 0 saturated heterocycles. The van der Waals surface area contributed by atoms with E-state index < -0.39 is 0 Å². The number of amides is 1. The van der Waals surface area contributed by atoms with Crippen molar-refractivity contribution < 1.29 is 4.79 Å². The molecule has 1 unspecified atom stereocenters. The Labute approximate surface area is 92.8 Å². The molecule has 0 radical (unpaired) electrons. The molecule has 0 aliphatic heterocycles. The van der Waals surface area contributed by atoms with Crippen molar-refractivity contribution in [3.8, 4) is 0 Å². The van der Waals surface area contributed by atoms with Crippen LogP contribution >= 0.6 is 0 Å². The molecule has 3 atom stereocenters. The zero-order valence-corrected chi connectivity index (χ0v) is 10.1. The molecule has 3 N–H and O–H groups in total. The third-order valence-electron chi connectivity index (χ3n) is 3.56. The number of nitrogens with two attached hydrogens (primary N) is 1. The smallest absolute Gasteiger partial charge is 0.223 e. The van der Waals surface area contributed by atoms with Crippen LogP contribution in [0, 0.1) is 11.8 Å². The summed E-state index contributed by atoms with van der Waals surface area (Å²) < 4.78 is 0. The highest BCUT2D eigenvalue weighted by atomic mass is 16.1. The van der Waals surface area contributed by atoms with Gasteiger partial charge in [-0.25, -0.2) is 0 Å². The lowest BCUT2D eigenvalue weighted by Crippen LogP contribution is -2.51. The lowest BCUT2D eigenvalue weighted by atomic mass is 9.89. The molecule has 3 nitrogen and oxygen atoms in total. The van der Waals surface area contributed by atoms with E-state index >= 15 is 0 Å². The SMILES string of the molecule is CC(C)C(C)C(=O)N[C@@H]1CCCC[C@H]1N. The van der Waals surface area contributed by atoms with E-state index in [1.54, 1.807) is 0 Å². The number of hydrogen-bond acceptors (Lipinski definition) is 2. The zero-order chi connectivity index (χ0) is 11.4. The summed E-state index contributed by atoms with van der Waals surface area (Å²) >= 11 is 0. The number of carbonyl (C=O) groups excluding carboxylic acids is 1. The van der Waals surface area contributed by atoms with Gasteiger partial charge in [0.15, 0.2) is 0 Å². The highest BCUT2D eigenvalue weighted by Crippen LogP contribution is 2.18. The standard InChI is InChI=1S/C12H24N2O/c1-8(2)9(3)12(15)14-11-7-5-4-6-10(11)13/h8-11H,4-7,13H2,1-3H3,(H,14,15)/t9?,10-,11-/m1/s1. The first-order valence-corrected chi connectivity index (χ1v) is 6.08. The molecular formula is C12H24N2O. The summed E-state index contributed by atoms with van der Waals surface area (Å²) in [6.45, 7) is 6.13. The Balaban J connectivity index is 2.42. The molecule has 1 fully saturated rings. The summed E-state index contributed by atoms with van der Waals surface area (Å²) in [4.78, 5) is 11.8. The van der Waals surface area contributed by atoms with Crippen LogP contribution in [-0.2, 0) is 4.79 Å². The minimum Gasteiger partial charge on any atom is -0.352 e. The molecule has 0 bridgehead atoms. The largest absolute Gasteiger partial charge is 0.352 e. The van der Waals surface area contributed by atoms with Crippen LogP contribution < -0.4 is 11.1 Å². The first-order chi connectivity index (χ1) is 7.02. The van der Waals surface area contributed by atoms with Crippen LogP contribution in [0.1, 0.15) is 46.5 Å². The lowest BCUT2D eigenvalue weighted by Gasteiger charge is -2.30.